The molecule has 1 fully saturated rings. The van der Waals surface area contributed by atoms with Gasteiger partial charge in [0.15, 0.2) is 0 Å². The quantitative estimate of drug-likeness (QED) is 0.547. The van der Waals surface area contributed by atoms with Gasteiger partial charge in [-0.05, 0) is 13.3 Å². The number of hydrogen-bond donors (Lipinski definition) is 0. The molecule has 0 aromatic rings. The minimum Gasteiger partial charge on any atom is -0.466 e. The Kier molecular flexibility index (Phi) is 5.06. The van der Waals surface area contributed by atoms with E-state index in [-0.39, 0.29) is 18.2 Å². The molecule has 1 atom stereocenters. The van der Waals surface area contributed by atoms with Crippen LogP contribution in [0.5, 0.6) is 0 Å². The van der Waals surface area contributed by atoms with Gasteiger partial charge in [0.1, 0.15) is 5.78 Å². The van der Waals surface area contributed by atoms with Gasteiger partial charge >= 0.3 is 5.97 Å². The summed E-state index contributed by atoms with van der Waals surface area (Å²) in [7, 11) is 0. The molecule has 0 aliphatic carbocycles. The molecule has 1 aliphatic heterocycles. The lowest BCUT2D eigenvalue weighted by Crippen LogP contribution is -2.39. The first-order valence-electron chi connectivity index (χ1n) is 5.52. The number of hydrogen-bond acceptors (Lipinski definition) is 4. The van der Waals surface area contributed by atoms with Gasteiger partial charge in [0, 0.05) is 17.9 Å². The van der Waals surface area contributed by atoms with E-state index < -0.39 is 5.41 Å². The average Bonchev–Trinajstić information content (AvgIpc) is 2.23. The highest BCUT2D eigenvalue weighted by Crippen LogP contribution is 2.38. The van der Waals surface area contributed by atoms with Crippen molar-refractivity contribution in [3.05, 3.63) is 12.7 Å². The van der Waals surface area contributed by atoms with Crippen molar-refractivity contribution < 1.29 is 14.3 Å². The predicted octanol–water partition coefficient (Wildman–Crippen LogP) is 2.21. The molecule has 0 bridgehead atoms. The Balaban J connectivity index is 2.74. The number of carbonyl (C=O) groups is 2. The summed E-state index contributed by atoms with van der Waals surface area (Å²) in [5, 5.41) is 0. The van der Waals surface area contributed by atoms with E-state index in [0.717, 1.165) is 5.75 Å². The number of rotatable bonds is 5. The average molecular weight is 242 g/mol. The van der Waals surface area contributed by atoms with Crippen molar-refractivity contribution in [1.82, 2.24) is 0 Å². The fourth-order valence-electron chi connectivity index (χ4n) is 1.94. The second kappa shape index (κ2) is 6.09. The zero-order valence-electron chi connectivity index (χ0n) is 9.66. The van der Waals surface area contributed by atoms with Crippen molar-refractivity contribution in [3.63, 3.8) is 0 Å². The molecule has 0 aromatic heterocycles. The zero-order chi connectivity index (χ0) is 12.0. The highest BCUT2D eigenvalue weighted by atomic mass is 32.2. The van der Waals surface area contributed by atoms with Gasteiger partial charge in [-0.25, -0.2) is 0 Å². The Bertz CT molecular complexity index is 288. The molecule has 0 N–H and O–H groups in total. The molecule has 3 nitrogen and oxygen atoms in total. The van der Waals surface area contributed by atoms with Crippen LogP contribution >= 0.6 is 11.8 Å². The summed E-state index contributed by atoms with van der Waals surface area (Å²) in [6, 6.07) is 0. The van der Waals surface area contributed by atoms with Crippen LogP contribution in [0.25, 0.3) is 0 Å². The number of Topliss-reactive ketones (excluding diaryl/α,β-unsaturated/α-hetero) is 1. The molecule has 0 saturated carbocycles. The highest BCUT2D eigenvalue weighted by Gasteiger charge is 2.41. The third-order valence-corrected chi connectivity index (χ3v) is 4.02. The SMILES string of the molecule is C=CC[C@@]1(CC(=O)OCC)CSCCC1=O. The van der Waals surface area contributed by atoms with Crippen LogP contribution in [0.15, 0.2) is 12.7 Å². The molecule has 1 aliphatic rings. The van der Waals surface area contributed by atoms with Crippen molar-refractivity contribution in [2.75, 3.05) is 18.1 Å². The minimum atomic E-state index is -0.559. The maximum atomic E-state index is 12.0. The van der Waals surface area contributed by atoms with Gasteiger partial charge in [0.05, 0.1) is 18.4 Å². The summed E-state index contributed by atoms with van der Waals surface area (Å²) in [6.07, 6.45) is 3.04. The molecule has 4 heteroatoms. The number of carbonyl (C=O) groups excluding carboxylic acids is 2. The van der Waals surface area contributed by atoms with Crippen LogP contribution in [0.2, 0.25) is 0 Å². The number of ether oxygens (including phenoxy) is 1. The van der Waals surface area contributed by atoms with Gasteiger partial charge in [0.2, 0.25) is 0 Å². The van der Waals surface area contributed by atoms with E-state index >= 15 is 0 Å². The fraction of sp³-hybridized carbons (Fsp3) is 0.667. The van der Waals surface area contributed by atoms with E-state index in [1.807, 2.05) is 0 Å². The highest BCUT2D eigenvalue weighted by molar-refractivity contribution is 7.99. The maximum Gasteiger partial charge on any atom is 0.306 e. The molecule has 90 valence electrons. The number of esters is 1. The van der Waals surface area contributed by atoms with Gasteiger partial charge in [0.25, 0.3) is 0 Å². The first kappa shape index (κ1) is 13.3. The van der Waals surface area contributed by atoms with Gasteiger partial charge < -0.3 is 4.74 Å². The van der Waals surface area contributed by atoms with Crippen LogP contribution in [-0.2, 0) is 14.3 Å². The van der Waals surface area contributed by atoms with Gasteiger partial charge in [-0.2, -0.15) is 11.8 Å². The van der Waals surface area contributed by atoms with Crippen molar-refractivity contribution in [2.45, 2.75) is 26.2 Å². The molecule has 0 aromatic carbocycles. The molecular weight excluding hydrogens is 224 g/mol. The molecule has 0 amide bonds. The standard InChI is InChI=1S/C12H18O3S/c1-3-6-12(8-11(14)15-4-2)9-16-7-5-10(12)13/h3H,1,4-9H2,2H3/t12-/m1/s1. The molecule has 0 spiro atoms. The Morgan fingerprint density at radius 3 is 3.00 bits per heavy atom. The maximum absolute atomic E-state index is 12.0. The van der Waals surface area contributed by atoms with Crippen LogP contribution in [-0.4, -0.2) is 29.9 Å². The normalized spacial score (nSPS) is 25.2. The molecule has 0 radical (unpaired) electrons. The topological polar surface area (TPSA) is 43.4 Å². The molecule has 1 saturated heterocycles. The van der Waals surface area contributed by atoms with E-state index in [0.29, 0.717) is 25.2 Å². The zero-order valence-corrected chi connectivity index (χ0v) is 10.5. The van der Waals surface area contributed by atoms with Crippen molar-refractivity contribution in [3.8, 4) is 0 Å². The molecule has 1 heterocycles. The largest absolute Gasteiger partial charge is 0.466 e. The fourth-order valence-corrected chi connectivity index (χ4v) is 3.18. The number of thioether (sulfide) groups is 1. The van der Waals surface area contributed by atoms with Gasteiger partial charge in [-0.15, -0.1) is 6.58 Å². The van der Waals surface area contributed by atoms with Crippen LogP contribution in [0, 0.1) is 5.41 Å². The first-order valence-corrected chi connectivity index (χ1v) is 6.67. The van der Waals surface area contributed by atoms with Gasteiger partial charge in [-0.1, -0.05) is 6.08 Å². The van der Waals surface area contributed by atoms with Crippen LogP contribution in [0.1, 0.15) is 26.2 Å². The smallest absolute Gasteiger partial charge is 0.306 e. The lowest BCUT2D eigenvalue weighted by Gasteiger charge is -2.33. The molecule has 0 unspecified atom stereocenters. The Labute approximate surface area is 101 Å². The summed E-state index contributed by atoms with van der Waals surface area (Å²) in [4.78, 5) is 23.5. The Hall–Kier alpha value is -0.770. The van der Waals surface area contributed by atoms with E-state index in [1.165, 1.54) is 0 Å². The lowest BCUT2D eigenvalue weighted by atomic mass is 9.77. The third-order valence-electron chi connectivity index (χ3n) is 2.77. The second-order valence-corrected chi connectivity index (χ2v) is 5.09. The minimum absolute atomic E-state index is 0.180. The monoisotopic (exact) mass is 242 g/mol. The number of ketones is 1. The number of allylic oxidation sites excluding steroid dienone is 1. The van der Waals surface area contributed by atoms with Crippen LogP contribution in [0.4, 0.5) is 0 Å². The second-order valence-electron chi connectivity index (χ2n) is 3.98. The van der Waals surface area contributed by atoms with Crippen molar-refractivity contribution in [1.29, 1.82) is 0 Å². The Morgan fingerprint density at radius 1 is 1.69 bits per heavy atom. The van der Waals surface area contributed by atoms with Crippen LogP contribution < -0.4 is 0 Å². The molecule has 1 rings (SSSR count). The molecular formula is C12H18O3S. The summed E-state index contributed by atoms with van der Waals surface area (Å²) >= 11 is 1.73. The summed E-state index contributed by atoms with van der Waals surface area (Å²) < 4.78 is 4.93. The van der Waals surface area contributed by atoms with E-state index in [2.05, 4.69) is 6.58 Å². The molecule has 16 heavy (non-hydrogen) atoms. The van der Waals surface area contributed by atoms with Crippen molar-refractivity contribution >= 4 is 23.5 Å². The third kappa shape index (κ3) is 3.11. The van der Waals surface area contributed by atoms with Crippen molar-refractivity contribution in [2.24, 2.45) is 5.41 Å². The van der Waals surface area contributed by atoms with E-state index in [1.54, 1.807) is 24.8 Å². The van der Waals surface area contributed by atoms with Gasteiger partial charge in [-0.3, -0.25) is 9.59 Å². The van der Waals surface area contributed by atoms with E-state index in [4.69, 9.17) is 4.74 Å². The first-order chi connectivity index (χ1) is 7.64. The lowest BCUT2D eigenvalue weighted by molar-refractivity contribution is -0.148. The predicted molar refractivity (Wildman–Crippen MR) is 65.4 cm³/mol. The summed E-state index contributed by atoms with van der Waals surface area (Å²) in [6.45, 7) is 5.81. The summed E-state index contributed by atoms with van der Waals surface area (Å²) in [5.41, 5.74) is -0.559. The summed E-state index contributed by atoms with van der Waals surface area (Å²) in [5.74, 6) is 1.47. The van der Waals surface area contributed by atoms with Crippen LogP contribution in [0.3, 0.4) is 0 Å². The Morgan fingerprint density at radius 2 is 2.44 bits per heavy atom. The van der Waals surface area contributed by atoms with E-state index in [9.17, 15) is 9.59 Å².